The molecule has 5 aromatic heterocycles. The van der Waals surface area contributed by atoms with Crippen molar-refractivity contribution >= 4 is 46.4 Å². The molecule has 2 aliphatic rings. The Morgan fingerprint density at radius 3 is 0.942 bits per heavy atom. The van der Waals surface area contributed by atoms with Crippen molar-refractivity contribution in [2.45, 2.75) is 0 Å². The molecule has 7 heterocycles. The molecule has 0 spiro atoms. The van der Waals surface area contributed by atoms with Crippen LogP contribution in [0.25, 0.3) is 90.9 Å². The number of nitrogens with one attached hydrogen (secondary N) is 2. The molecule has 8 bridgehead atoms. The van der Waals surface area contributed by atoms with Crippen LogP contribution in [0.5, 0.6) is 11.5 Å². The zero-order valence-corrected chi connectivity index (χ0v) is 28.5. The third-order valence-corrected chi connectivity index (χ3v) is 9.45. The van der Waals surface area contributed by atoms with Crippen molar-refractivity contribution < 1.29 is 9.47 Å². The van der Waals surface area contributed by atoms with Gasteiger partial charge in [-0.1, -0.05) is 24.3 Å². The zero-order chi connectivity index (χ0) is 35.0. The van der Waals surface area contributed by atoms with Gasteiger partial charge in [-0.15, -0.1) is 0 Å². The summed E-state index contributed by atoms with van der Waals surface area (Å²) < 4.78 is 11.0. The largest absolute Gasteiger partial charge is 0.497 e. The lowest BCUT2D eigenvalue weighted by Gasteiger charge is -2.07. The zero-order valence-electron chi connectivity index (χ0n) is 28.5. The Morgan fingerprint density at radius 1 is 0.365 bits per heavy atom. The number of rotatable bonds is 6. The summed E-state index contributed by atoms with van der Waals surface area (Å²) in [5, 5.41) is 0. The Bertz CT molecular complexity index is 2490. The topological polar surface area (TPSA) is 102 Å². The van der Waals surface area contributed by atoms with Crippen molar-refractivity contribution in [3.8, 4) is 56.0 Å². The molecule has 7 aromatic rings. The highest BCUT2D eigenvalue weighted by atomic mass is 16.5. The fourth-order valence-corrected chi connectivity index (χ4v) is 6.97. The lowest BCUT2D eigenvalue weighted by molar-refractivity contribution is 0.415. The van der Waals surface area contributed by atoms with Gasteiger partial charge in [-0.3, -0.25) is 9.97 Å². The number of methoxy groups -OCH3 is 2. The second-order valence-electron chi connectivity index (χ2n) is 12.4. The van der Waals surface area contributed by atoms with Crippen molar-refractivity contribution in [2.24, 2.45) is 0 Å². The van der Waals surface area contributed by atoms with Gasteiger partial charge in [-0.2, -0.15) is 0 Å². The van der Waals surface area contributed by atoms with Crippen LogP contribution in [0.1, 0.15) is 22.8 Å². The summed E-state index contributed by atoms with van der Waals surface area (Å²) in [4.78, 5) is 26.8. The van der Waals surface area contributed by atoms with Crippen molar-refractivity contribution in [3.63, 3.8) is 0 Å². The maximum absolute atomic E-state index is 5.51. The molecular weight excluding hydrogens is 645 g/mol. The summed E-state index contributed by atoms with van der Waals surface area (Å²) >= 11 is 0. The first-order chi connectivity index (χ1) is 25.7. The van der Waals surface area contributed by atoms with E-state index in [-0.39, 0.29) is 0 Å². The lowest BCUT2D eigenvalue weighted by Crippen LogP contribution is -1.90. The van der Waals surface area contributed by atoms with Gasteiger partial charge in [0.1, 0.15) is 11.5 Å². The minimum absolute atomic E-state index is 0.786. The van der Waals surface area contributed by atoms with E-state index in [1.807, 2.05) is 73.3 Å². The molecule has 2 aliphatic heterocycles. The standard InChI is InChI=1S/C44H32N6O2/c1-51-31-7-3-27(4-8-31)41-33-11-15-37(47-33)43(29-19-23-45-24-20-29)39-17-13-35(49-39)42(28-5-9-32(52-2)10-6-28)36-14-18-40(50-36)44(30-21-25-46-26-22-30)38-16-12-34(41)48-38/h3-26,47,50H,1-2H3. The molecule has 8 nitrogen and oxygen atoms in total. The van der Waals surface area contributed by atoms with Crippen molar-refractivity contribution in [3.05, 3.63) is 145 Å². The summed E-state index contributed by atoms with van der Waals surface area (Å²) in [6.45, 7) is 0. The molecule has 0 amide bonds. The van der Waals surface area contributed by atoms with E-state index >= 15 is 0 Å². The fraction of sp³-hybridized carbons (Fsp3) is 0.0455. The Balaban J connectivity index is 1.45. The molecule has 250 valence electrons. The number of hydrogen-bond acceptors (Lipinski definition) is 6. The van der Waals surface area contributed by atoms with Gasteiger partial charge in [0.05, 0.1) is 37.0 Å². The van der Waals surface area contributed by atoms with Crippen molar-refractivity contribution in [2.75, 3.05) is 14.2 Å². The smallest absolute Gasteiger partial charge is 0.118 e. The molecule has 0 unspecified atom stereocenters. The van der Waals surface area contributed by atoms with Crippen LogP contribution >= 0.6 is 0 Å². The number of H-pyrrole nitrogens is 2. The van der Waals surface area contributed by atoms with Gasteiger partial charge in [0.15, 0.2) is 0 Å². The molecule has 0 atom stereocenters. The highest BCUT2D eigenvalue weighted by Gasteiger charge is 2.19. The van der Waals surface area contributed by atoms with E-state index in [0.717, 1.165) is 101 Å². The number of nitrogens with zero attached hydrogens (tertiary/aromatic N) is 4. The summed E-state index contributed by atoms with van der Waals surface area (Å²) in [6.07, 6.45) is 15.6. The van der Waals surface area contributed by atoms with Gasteiger partial charge in [-0.25, -0.2) is 9.97 Å². The van der Waals surface area contributed by atoms with Gasteiger partial charge < -0.3 is 19.4 Å². The number of pyridine rings is 2. The molecule has 0 fully saturated rings. The van der Waals surface area contributed by atoms with Crippen LogP contribution < -0.4 is 9.47 Å². The second kappa shape index (κ2) is 13.0. The molecule has 9 rings (SSSR count). The molecule has 0 radical (unpaired) electrons. The number of benzene rings is 2. The van der Waals surface area contributed by atoms with Crippen LogP contribution in [0.3, 0.4) is 0 Å². The maximum atomic E-state index is 5.51. The van der Waals surface area contributed by atoms with E-state index in [1.165, 1.54) is 0 Å². The molecule has 2 N–H and O–H groups in total. The number of hydrogen-bond donors (Lipinski definition) is 2. The Kier molecular flexibility index (Phi) is 7.74. The van der Waals surface area contributed by atoms with E-state index < -0.39 is 0 Å². The summed E-state index contributed by atoms with van der Waals surface area (Å²) in [5.74, 6) is 1.57. The molecule has 0 aliphatic carbocycles. The first kappa shape index (κ1) is 31.0. The first-order valence-electron chi connectivity index (χ1n) is 16.9. The molecule has 0 saturated heterocycles. The normalized spacial score (nSPS) is 11.9. The predicted octanol–water partition coefficient (Wildman–Crippen LogP) is 10.1. The van der Waals surface area contributed by atoms with Crippen LogP contribution in [0, 0.1) is 0 Å². The van der Waals surface area contributed by atoms with Gasteiger partial charge >= 0.3 is 0 Å². The third-order valence-electron chi connectivity index (χ3n) is 9.45. The number of aromatic nitrogens is 6. The molecule has 2 aromatic carbocycles. The fourth-order valence-electron chi connectivity index (χ4n) is 6.97. The molecular formula is C44H32N6O2. The van der Waals surface area contributed by atoms with Gasteiger partial charge in [0, 0.05) is 69.1 Å². The Hall–Kier alpha value is -7.06. The van der Waals surface area contributed by atoms with Crippen LogP contribution in [0.2, 0.25) is 0 Å². The van der Waals surface area contributed by atoms with E-state index in [2.05, 4.69) is 92.8 Å². The summed E-state index contributed by atoms with van der Waals surface area (Å²) in [5.41, 5.74) is 14.9. The van der Waals surface area contributed by atoms with E-state index in [1.54, 1.807) is 14.2 Å². The number of aromatic amines is 2. The summed E-state index contributed by atoms with van der Waals surface area (Å²) in [6, 6.07) is 32.7. The minimum Gasteiger partial charge on any atom is -0.497 e. The maximum Gasteiger partial charge on any atom is 0.118 e. The molecule has 8 heteroatoms. The van der Waals surface area contributed by atoms with Crippen molar-refractivity contribution in [1.29, 1.82) is 0 Å². The van der Waals surface area contributed by atoms with Gasteiger partial charge in [-0.05, 0) is 119 Å². The second-order valence-corrected chi connectivity index (χ2v) is 12.4. The molecule has 52 heavy (non-hydrogen) atoms. The average Bonchev–Trinajstić information content (AvgIpc) is 4.04. The van der Waals surface area contributed by atoms with Crippen LogP contribution in [-0.2, 0) is 0 Å². The quantitative estimate of drug-likeness (QED) is 0.182. The minimum atomic E-state index is 0.786. The number of fused-ring (bicyclic) bond motifs is 8. The van der Waals surface area contributed by atoms with Crippen LogP contribution in [0.4, 0.5) is 0 Å². The van der Waals surface area contributed by atoms with Crippen molar-refractivity contribution in [1.82, 2.24) is 29.9 Å². The lowest BCUT2D eigenvalue weighted by atomic mass is 10.0. The third kappa shape index (κ3) is 5.52. The van der Waals surface area contributed by atoms with E-state index in [0.29, 0.717) is 0 Å². The van der Waals surface area contributed by atoms with Gasteiger partial charge in [0.2, 0.25) is 0 Å². The van der Waals surface area contributed by atoms with Crippen LogP contribution in [0.15, 0.2) is 122 Å². The highest BCUT2D eigenvalue weighted by Crippen LogP contribution is 2.38. The van der Waals surface area contributed by atoms with E-state index in [9.17, 15) is 0 Å². The predicted molar refractivity (Wildman–Crippen MR) is 209 cm³/mol. The Morgan fingerprint density at radius 2 is 0.654 bits per heavy atom. The monoisotopic (exact) mass is 676 g/mol. The summed E-state index contributed by atoms with van der Waals surface area (Å²) in [7, 11) is 3.35. The van der Waals surface area contributed by atoms with Gasteiger partial charge in [0.25, 0.3) is 0 Å². The van der Waals surface area contributed by atoms with Crippen LogP contribution in [-0.4, -0.2) is 44.1 Å². The Labute approximate surface area is 299 Å². The number of ether oxygens (including phenoxy) is 2. The highest BCUT2D eigenvalue weighted by molar-refractivity contribution is 5.99. The SMILES string of the molecule is COc1ccc(-c2c3nc(c(-c4ccncc4)c4ccc([nH]4)c(-c4ccc(OC)cc4)c4nc(c(-c5ccncc5)c5ccc2[nH]5)C=C4)C=C3)cc1. The first-order valence-corrected chi connectivity index (χ1v) is 16.9. The molecule has 0 saturated carbocycles. The average molecular weight is 677 g/mol. The van der Waals surface area contributed by atoms with E-state index in [4.69, 9.17) is 19.4 Å².